The van der Waals surface area contributed by atoms with E-state index in [0.29, 0.717) is 12.8 Å². The number of unbranched alkanes of at least 4 members (excludes halogenated alkanes) is 19. The van der Waals surface area contributed by atoms with Crippen LogP contribution in [0.3, 0.4) is 0 Å². The van der Waals surface area contributed by atoms with E-state index in [-0.39, 0.29) is 12.4 Å². The van der Waals surface area contributed by atoms with Crippen molar-refractivity contribution in [2.75, 3.05) is 0 Å². The van der Waals surface area contributed by atoms with Crippen molar-refractivity contribution in [3.8, 4) is 0 Å². The fourth-order valence-electron chi connectivity index (χ4n) is 4.66. The largest absolute Gasteiger partial charge is 0.481 e. The fourth-order valence-corrected chi connectivity index (χ4v) is 4.66. The highest BCUT2D eigenvalue weighted by Crippen LogP contribution is 2.16. The summed E-state index contributed by atoms with van der Waals surface area (Å²) in [6, 6.07) is 0. The van der Waals surface area contributed by atoms with Gasteiger partial charge in [-0.1, -0.05) is 129 Å². The molecule has 0 aromatic carbocycles. The summed E-state index contributed by atoms with van der Waals surface area (Å²) in [5.41, 5.74) is 0. The molecule has 0 saturated carbocycles. The summed E-state index contributed by atoms with van der Waals surface area (Å²) in [5, 5.41) is 9.16. The highest BCUT2D eigenvalue weighted by Gasteiger charge is 2.17. The molecule has 0 rings (SSSR count). The lowest BCUT2D eigenvalue weighted by atomic mass is 10.0. The van der Waals surface area contributed by atoms with E-state index < -0.39 is 12.1 Å². The van der Waals surface area contributed by atoms with Gasteiger partial charge in [-0.3, -0.25) is 9.59 Å². The number of carbonyl (C=O) groups excluding carboxylic acids is 1. The molecule has 0 bridgehead atoms. The smallest absolute Gasteiger partial charge is 0.307 e. The molecule has 4 heteroatoms. The van der Waals surface area contributed by atoms with Crippen LogP contribution in [0.4, 0.5) is 0 Å². The number of hydrogen-bond donors (Lipinski definition) is 1. The number of carboxylic acid groups (broad SMARTS) is 1. The number of carbonyl (C=O) groups is 2. The van der Waals surface area contributed by atoms with Gasteiger partial charge in [0.15, 0.2) is 0 Å². The Morgan fingerprint density at radius 1 is 0.611 bits per heavy atom. The summed E-state index contributed by atoms with van der Waals surface area (Å²) in [6.07, 6.45) is 32.2. The minimum absolute atomic E-state index is 0.0743. The second-order valence-corrected chi connectivity index (χ2v) is 10.7. The Balaban J connectivity index is 3.69. The van der Waals surface area contributed by atoms with Crippen molar-refractivity contribution < 1.29 is 19.4 Å². The molecule has 0 radical (unpaired) electrons. The lowest BCUT2D eigenvalue weighted by molar-refractivity contribution is -0.153. The normalized spacial score (nSPS) is 12.3. The Hall–Kier alpha value is -1.32. The third kappa shape index (κ3) is 27.3. The van der Waals surface area contributed by atoms with Gasteiger partial charge in [0, 0.05) is 6.42 Å². The van der Waals surface area contributed by atoms with Gasteiger partial charge in [0.05, 0.1) is 6.42 Å². The van der Waals surface area contributed by atoms with Crippen LogP contribution < -0.4 is 0 Å². The molecule has 0 aromatic rings. The topological polar surface area (TPSA) is 63.6 Å². The Bertz CT molecular complexity index is 514. The predicted octanol–water partition coefficient (Wildman–Crippen LogP) is 10.3. The lowest BCUT2D eigenvalue weighted by Gasteiger charge is -2.16. The van der Waals surface area contributed by atoms with Crippen LogP contribution >= 0.6 is 0 Å². The van der Waals surface area contributed by atoms with Crippen molar-refractivity contribution in [1.29, 1.82) is 0 Å². The van der Waals surface area contributed by atoms with Gasteiger partial charge >= 0.3 is 11.9 Å². The zero-order chi connectivity index (χ0) is 26.5. The average Bonchev–Trinajstić information content (AvgIpc) is 2.85. The quantitative estimate of drug-likeness (QED) is 0.0648. The number of carboxylic acids is 1. The summed E-state index contributed by atoms with van der Waals surface area (Å²) < 4.78 is 5.52. The van der Waals surface area contributed by atoms with E-state index in [2.05, 4.69) is 26.0 Å². The van der Waals surface area contributed by atoms with Crippen LogP contribution in [0, 0.1) is 0 Å². The van der Waals surface area contributed by atoms with Gasteiger partial charge in [-0.2, -0.15) is 0 Å². The van der Waals surface area contributed by atoms with Crippen molar-refractivity contribution in [3.63, 3.8) is 0 Å². The number of esters is 1. The van der Waals surface area contributed by atoms with Gasteiger partial charge in [-0.25, -0.2) is 0 Å². The number of rotatable bonds is 28. The monoisotopic (exact) mass is 508 g/mol. The molecule has 0 fully saturated rings. The van der Waals surface area contributed by atoms with Crippen LogP contribution in [0.2, 0.25) is 0 Å². The number of ether oxygens (including phenoxy) is 1. The first-order chi connectivity index (χ1) is 17.6. The maximum atomic E-state index is 12.2. The molecule has 0 aliphatic carbocycles. The van der Waals surface area contributed by atoms with Crippen molar-refractivity contribution >= 4 is 11.9 Å². The highest BCUT2D eigenvalue weighted by molar-refractivity contribution is 5.71. The third-order valence-corrected chi connectivity index (χ3v) is 6.97. The average molecular weight is 509 g/mol. The summed E-state index contributed by atoms with van der Waals surface area (Å²) in [7, 11) is 0. The molecule has 1 atom stereocenters. The van der Waals surface area contributed by atoms with Crippen LogP contribution in [0.25, 0.3) is 0 Å². The van der Waals surface area contributed by atoms with E-state index in [1.54, 1.807) is 0 Å². The molecule has 212 valence electrons. The maximum absolute atomic E-state index is 12.2. The molecule has 0 amide bonds. The maximum Gasteiger partial charge on any atom is 0.307 e. The van der Waals surface area contributed by atoms with Crippen LogP contribution in [0.15, 0.2) is 12.2 Å². The van der Waals surface area contributed by atoms with Crippen LogP contribution in [0.5, 0.6) is 0 Å². The van der Waals surface area contributed by atoms with E-state index in [4.69, 9.17) is 9.84 Å². The number of allylic oxidation sites excluding steroid dienone is 2. The van der Waals surface area contributed by atoms with Crippen molar-refractivity contribution in [1.82, 2.24) is 0 Å². The zero-order valence-electron chi connectivity index (χ0n) is 24.1. The molecule has 0 aliphatic rings. The van der Waals surface area contributed by atoms with Gasteiger partial charge in [0.2, 0.25) is 0 Å². The Labute approximate surface area is 224 Å². The Morgan fingerprint density at radius 3 is 1.50 bits per heavy atom. The van der Waals surface area contributed by atoms with Crippen molar-refractivity contribution in [3.05, 3.63) is 12.2 Å². The summed E-state index contributed by atoms with van der Waals surface area (Å²) in [5.74, 6) is -1.11. The molecule has 0 aromatic heterocycles. The predicted molar refractivity (Wildman–Crippen MR) is 153 cm³/mol. The van der Waals surface area contributed by atoms with E-state index >= 15 is 0 Å². The first-order valence-electron chi connectivity index (χ1n) is 15.7. The van der Waals surface area contributed by atoms with Crippen LogP contribution in [0.1, 0.15) is 174 Å². The first-order valence-corrected chi connectivity index (χ1v) is 15.7. The third-order valence-electron chi connectivity index (χ3n) is 6.97. The Kier molecular flexibility index (Phi) is 27.2. The summed E-state index contributed by atoms with van der Waals surface area (Å²) in [6.45, 7) is 4.50. The molecule has 0 saturated heterocycles. The number of hydrogen-bond acceptors (Lipinski definition) is 3. The Morgan fingerprint density at radius 2 is 1.03 bits per heavy atom. The lowest BCUT2D eigenvalue weighted by Crippen LogP contribution is -2.21. The standard InChI is InChI=1S/C32H60O4/c1-3-5-7-9-11-13-14-15-16-17-18-20-22-24-26-28-32(35)36-30(29-31(33)34)27-25-23-21-19-12-10-8-6-4-2/h15-16,30H,3-14,17-29H2,1-2H3,(H,33,34)/b16-15-. The van der Waals surface area contributed by atoms with Gasteiger partial charge in [-0.15, -0.1) is 0 Å². The molecule has 0 spiro atoms. The van der Waals surface area contributed by atoms with Crippen LogP contribution in [-0.4, -0.2) is 23.1 Å². The molecule has 0 heterocycles. The van der Waals surface area contributed by atoms with Crippen LogP contribution in [-0.2, 0) is 14.3 Å². The zero-order valence-corrected chi connectivity index (χ0v) is 24.1. The summed E-state index contributed by atoms with van der Waals surface area (Å²) >= 11 is 0. The SMILES string of the molecule is CCCCCCCC/C=C\CCCCCCCC(=O)OC(CCCCCCCCCCC)CC(=O)O. The molecule has 1 N–H and O–H groups in total. The fraction of sp³-hybridized carbons (Fsp3) is 0.875. The van der Waals surface area contributed by atoms with E-state index in [1.165, 1.54) is 103 Å². The van der Waals surface area contributed by atoms with Gasteiger partial charge in [0.25, 0.3) is 0 Å². The second kappa shape index (κ2) is 28.3. The minimum atomic E-state index is -0.884. The molecule has 0 aliphatic heterocycles. The number of aliphatic carboxylic acids is 1. The molecule has 36 heavy (non-hydrogen) atoms. The molecular formula is C32H60O4. The van der Waals surface area contributed by atoms with Gasteiger partial charge in [-0.05, 0) is 44.9 Å². The highest BCUT2D eigenvalue weighted by atomic mass is 16.5. The van der Waals surface area contributed by atoms with Gasteiger partial charge < -0.3 is 9.84 Å². The van der Waals surface area contributed by atoms with Gasteiger partial charge in [0.1, 0.15) is 6.10 Å². The van der Waals surface area contributed by atoms with E-state index in [9.17, 15) is 9.59 Å². The second-order valence-electron chi connectivity index (χ2n) is 10.7. The van der Waals surface area contributed by atoms with E-state index in [0.717, 1.165) is 38.5 Å². The van der Waals surface area contributed by atoms with E-state index in [1.807, 2.05) is 0 Å². The summed E-state index contributed by atoms with van der Waals surface area (Å²) in [4.78, 5) is 23.4. The molecule has 4 nitrogen and oxygen atoms in total. The van der Waals surface area contributed by atoms with Crippen molar-refractivity contribution in [2.24, 2.45) is 0 Å². The molecular weight excluding hydrogens is 448 g/mol. The first kappa shape index (κ1) is 34.7. The van der Waals surface area contributed by atoms with Crippen molar-refractivity contribution in [2.45, 2.75) is 180 Å². The minimum Gasteiger partial charge on any atom is -0.481 e. The molecule has 1 unspecified atom stereocenters.